The van der Waals surface area contributed by atoms with Gasteiger partial charge in [-0.15, -0.1) is 28.1 Å². The minimum atomic E-state index is -0.439. The van der Waals surface area contributed by atoms with Gasteiger partial charge in [0.1, 0.15) is 11.1 Å². The highest BCUT2D eigenvalue weighted by molar-refractivity contribution is 7.99. The van der Waals surface area contributed by atoms with E-state index in [9.17, 15) is 14.9 Å². The maximum atomic E-state index is 12.9. The fraction of sp³-hybridized carbons (Fsp3) is 0.414. The van der Waals surface area contributed by atoms with E-state index >= 15 is 0 Å². The van der Waals surface area contributed by atoms with Crippen molar-refractivity contribution < 1.29 is 9.59 Å². The molecule has 3 aromatic rings. The normalized spacial score (nSPS) is 15.6. The summed E-state index contributed by atoms with van der Waals surface area (Å²) in [7, 11) is 0. The number of fused-ring (bicyclic) bond motifs is 1. The van der Waals surface area contributed by atoms with E-state index in [2.05, 4.69) is 54.3 Å². The number of hydrogen-bond acceptors (Lipinski definition) is 7. The van der Waals surface area contributed by atoms with Gasteiger partial charge >= 0.3 is 0 Å². The van der Waals surface area contributed by atoms with Gasteiger partial charge in [-0.25, -0.2) is 0 Å². The largest absolute Gasteiger partial charge is 0.342 e. The quantitative estimate of drug-likeness (QED) is 0.218. The van der Waals surface area contributed by atoms with Gasteiger partial charge in [0.15, 0.2) is 11.0 Å². The average Bonchev–Trinajstić information content (AvgIpc) is 3.47. The number of nitriles is 1. The van der Waals surface area contributed by atoms with Gasteiger partial charge < -0.3 is 15.2 Å². The van der Waals surface area contributed by atoms with Crippen molar-refractivity contribution >= 4 is 51.5 Å². The predicted octanol–water partition coefficient (Wildman–Crippen LogP) is 6.42. The second-order valence-electron chi connectivity index (χ2n) is 10.9. The summed E-state index contributed by atoms with van der Waals surface area (Å²) in [6.07, 6.45) is 4.56. The number of amides is 2. The molecule has 1 aliphatic carbocycles. The molecular formula is C29H33ClN6O2S2. The Hall–Kier alpha value is -3.13. The summed E-state index contributed by atoms with van der Waals surface area (Å²) in [6, 6.07) is 8.52. The third-order valence-electron chi connectivity index (χ3n) is 7.09. The zero-order valence-corrected chi connectivity index (χ0v) is 25.5. The Kier molecular flexibility index (Phi) is 9.39. The number of nitrogens with one attached hydrogen (secondary N) is 2. The molecule has 2 N–H and O–H groups in total. The molecular weight excluding hydrogens is 564 g/mol. The van der Waals surface area contributed by atoms with Gasteiger partial charge in [-0.1, -0.05) is 50.2 Å². The molecule has 0 spiro atoms. The Labute approximate surface area is 248 Å². The highest BCUT2D eigenvalue weighted by atomic mass is 35.5. The number of halogens is 1. The zero-order chi connectivity index (χ0) is 29.0. The Balaban J connectivity index is 1.42. The number of carbonyl (C=O) groups is 2. The molecule has 4 rings (SSSR count). The second kappa shape index (κ2) is 12.6. The predicted molar refractivity (Wildman–Crippen MR) is 161 cm³/mol. The summed E-state index contributed by atoms with van der Waals surface area (Å²) in [4.78, 5) is 26.8. The van der Waals surface area contributed by atoms with Crippen LogP contribution in [0.1, 0.15) is 72.3 Å². The summed E-state index contributed by atoms with van der Waals surface area (Å²) in [5.74, 6) is 0.723. The van der Waals surface area contributed by atoms with Crippen molar-refractivity contribution in [3.8, 4) is 6.07 Å². The van der Waals surface area contributed by atoms with Gasteiger partial charge in [0.25, 0.3) is 5.91 Å². The lowest BCUT2D eigenvalue weighted by molar-refractivity contribution is -0.113. The molecule has 0 aliphatic heterocycles. The van der Waals surface area contributed by atoms with Gasteiger partial charge in [-0.2, -0.15) is 5.26 Å². The van der Waals surface area contributed by atoms with E-state index in [0.717, 1.165) is 24.8 Å². The first kappa shape index (κ1) is 29.8. The molecule has 40 heavy (non-hydrogen) atoms. The SMILES string of the molecule is C=CCn1c(SCC(=O)Nc2sc3c(c2C#N)CC[C@H](C(C)(C)C)C3)nnc1[C@@H](C)NC(=O)c1ccc(Cl)cc1. The lowest BCUT2D eigenvalue weighted by atomic mass is 9.72. The van der Waals surface area contributed by atoms with Crippen LogP contribution in [0.15, 0.2) is 42.1 Å². The van der Waals surface area contributed by atoms with Crippen LogP contribution in [0.3, 0.4) is 0 Å². The maximum Gasteiger partial charge on any atom is 0.251 e. The number of allylic oxidation sites excluding steroid dienone is 1. The zero-order valence-electron chi connectivity index (χ0n) is 23.1. The van der Waals surface area contributed by atoms with Crippen LogP contribution in [-0.4, -0.2) is 32.3 Å². The highest BCUT2D eigenvalue weighted by Crippen LogP contribution is 2.44. The fourth-order valence-electron chi connectivity index (χ4n) is 4.80. The third-order valence-corrected chi connectivity index (χ3v) is 9.47. The Morgan fingerprint density at radius 1 is 1.32 bits per heavy atom. The lowest BCUT2D eigenvalue weighted by Gasteiger charge is -2.33. The van der Waals surface area contributed by atoms with Crippen molar-refractivity contribution in [2.45, 2.75) is 64.7 Å². The van der Waals surface area contributed by atoms with Gasteiger partial charge in [-0.05, 0) is 67.3 Å². The first-order valence-electron chi connectivity index (χ1n) is 13.1. The number of carbonyl (C=O) groups excluding carboxylic acids is 2. The summed E-state index contributed by atoms with van der Waals surface area (Å²) in [6.45, 7) is 12.8. The molecule has 2 amide bonds. The van der Waals surface area contributed by atoms with Crippen molar-refractivity contribution in [2.75, 3.05) is 11.1 Å². The van der Waals surface area contributed by atoms with Crippen LogP contribution >= 0.6 is 34.7 Å². The van der Waals surface area contributed by atoms with Crippen LogP contribution in [0.5, 0.6) is 0 Å². The summed E-state index contributed by atoms with van der Waals surface area (Å²) in [5, 5.41) is 26.0. The average molecular weight is 597 g/mol. The number of nitrogens with zero attached hydrogens (tertiary/aromatic N) is 4. The summed E-state index contributed by atoms with van der Waals surface area (Å²) < 4.78 is 1.83. The molecule has 0 radical (unpaired) electrons. The topological polar surface area (TPSA) is 113 Å². The molecule has 0 saturated heterocycles. The highest BCUT2D eigenvalue weighted by Gasteiger charge is 2.32. The smallest absolute Gasteiger partial charge is 0.251 e. The summed E-state index contributed by atoms with van der Waals surface area (Å²) in [5.41, 5.74) is 2.36. The molecule has 0 fully saturated rings. The van der Waals surface area contributed by atoms with Crippen LogP contribution in [0, 0.1) is 22.7 Å². The number of benzene rings is 1. The fourth-order valence-corrected chi connectivity index (χ4v) is 6.97. The van der Waals surface area contributed by atoms with Crippen molar-refractivity contribution in [2.24, 2.45) is 11.3 Å². The van der Waals surface area contributed by atoms with E-state index in [1.807, 2.05) is 11.5 Å². The van der Waals surface area contributed by atoms with Crippen LogP contribution < -0.4 is 10.6 Å². The standard InChI is InChI=1S/C29H33ClN6O2S2/c1-6-13-36-25(17(2)32-26(38)18-7-10-20(30)11-8-18)34-35-28(36)39-16-24(37)33-27-22(15-31)21-12-9-19(29(3,4)5)14-23(21)40-27/h6-8,10-11,17,19H,1,9,12-14,16H2,2-5H3,(H,32,38)(H,33,37)/t17-,19+/m1/s1. The molecule has 11 heteroatoms. The van der Waals surface area contributed by atoms with E-state index in [4.69, 9.17) is 11.6 Å². The molecule has 210 valence electrons. The molecule has 2 aromatic heterocycles. The molecule has 8 nitrogen and oxygen atoms in total. The number of aromatic nitrogens is 3. The van der Waals surface area contributed by atoms with Crippen LogP contribution in [0.25, 0.3) is 0 Å². The van der Waals surface area contributed by atoms with Crippen molar-refractivity contribution in [1.82, 2.24) is 20.1 Å². The minimum Gasteiger partial charge on any atom is -0.342 e. The monoisotopic (exact) mass is 596 g/mol. The molecule has 1 aliphatic rings. The van der Waals surface area contributed by atoms with Crippen molar-refractivity contribution in [3.05, 3.63) is 69.3 Å². The van der Waals surface area contributed by atoms with E-state index in [-0.39, 0.29) is 23.0 Å². The van der Waals surface area contributed by atoms with Gasteiger partial charge in [0.05, 0.1) is 17.4 Å². The Morgan fingerprint density at radius 2 is 2.05 bits per heavy atom. The van der Waals surface area contributed by atoms with Crippen molar-refractivity contribution in [1.29, 1.82) is 5.26 Å². The van der Waals surface area contributed by atoms with Gasteiger partial charge in [-0.3, -0.25) is 9.59 Å². The second-order valence-corrected chi connectivity index (χ2v) is 13.4. The van der Waals surface area contributed by atoms with Gasteiger partial charge in [0, 0.05) is 22.0 Å². The van der Waals surface area contributed by atoms with Crippen LogP contribution in [0.2, 0.25) is 5.02 Å². The minimum absolute atomic E-state index is 0.0961. The number of rotatable bonds is 9. The first-order valence-corrected chi connectivity index (χ1v) is 15.3. The number of thioether (sulfide) groups is 1. The molecule has 0 unspecified atom stereocenters. The number of thiophene rings is 1. The third kappa shape index (κ3) is 6.77. The maximum absolute atomic E-state index is 12.9. The molecule has 1 aromatic carbocycles. The Bertz CT molecular complexity index is 1450. The van der Waals surface area contributed by atoms with E-state index in [1.165, 1.54) is 28.0 Å². The van der Waals surface area contributed by atoms with Crippen LogP contribution in [0.4, 0.5) is 5.00 Å². The molecule has 0 saturated carbocycles. The Morgan fingerprint density at radius 3 is 2.70 bits per heavy atom. The van der Waals surface area contributed by atoms with E-state index in [0.29, 0.717) is 44.6 Å². The molecule has 2 heterocycles. The van der Waals surface area contributed by atoms with Crippen molar-refractivity contribution in [3.63, 3.8) is 0 Å². The van der Waals surface area contributed by atoms with E-state index < -0.39 is 6.04 Å². The first-order chi connectivity index (χ1) is 19.0. The number of hydrogen-bond donors (Lipinski definition) is 2. The lowest BCUT2D eigenvalue weighted by Crippen LogP contribution is -2.28. The van der Waals surface area contributed by atoms with E-state index in [1.54, 1.807) is 30.3 Å². The molecule has 2 atom stereocenters. The van der Waals surface area contributed by atoms with Gasteiger partial charge in [0.2, 0.25) is 5.91 Å². The molecule has 0 bridgehead atoms. The van der Waals surface area contributed by atoms with Crippen LogP contribution in [-0.2, 0) is 24.2 Å². The summed E-state index contributed by atoms with van der Waals surface area (Å²) >= 11 is 8.69. The number of anilines is 1.